The Morgan fingerprint density at radius 1 is 0.920 bits per heavy atom. The van der Waals surface area contributed by atoms with Crippen molar-refractivity contribution in [2.75, 3.05) is 10.6 Å². The van der Waals surface area contributed by atoms with Crippen LogP contribution in [0.4, 0.5) is 17.3 Å². The summed E-state index contributed by atoms with van der Waals surface area (Å²) >= 11 is 0. The topological polar surface area (TPSA) is 66.9 Å². The van der Waals surface area contributed by atoms with Gasteiger partial charge in [-0.15, -0.1) is 0 Å². The first-order valence-corrected chi connectivity index (χ1v) is 8.20. The van der Waals surface area contributed by atoms with Crippen LogP contribution in [0.2, 0.25) is 0 Å². The first-order valence-electron chi connectivity index (χ1n) is 8.20. The van der Waals surface area contributed by atoms with Crippen molar-refractivity contribution in [2.24, 2.45) is 0 Å². The zero-order valence-electron chi connectivity index (χ0n) is 14.3. The largest absolute Gasteiger partial charge is 0.324 e. The van der Waals surface area contributed by atoms with E-state index in [0.717, 1.165) is 23.4 Å². The number of benzene rings is 2. The number of anilines is 3. The summed E-state index contributed by atoms with van der Waals surface area (Å²) < 4.78 is 0. The average molecular weight is 332 g/mol. The molecule has 3 rings (SSSR count). The predicted molar refractivity (Wildman–Crippen MR) is 100 cm³/mol. The number of aromatic nitrogens is 2. The van der Waals surface area contributed by atoms with Crippen LogP contribution in [0.1, 0.15) is 28.4 Å². The molecule has 1 heterocycles. The Labute approximate surface area is 147 Å². The number of amides is 1. The highest BCUT2D eigenvalue weighted by Gasteiger charge is 2.08. The van der Waals surface area contributed by atoms with Crippen LogP contribution in [-0.4, -0.2) is 15.9 Å². The Hall–Kier alpha value is -3.21. The third-order valence-corrected chi connectivity index (χ3v) is 3.84. The van der Waals surface area contributed by atoms with E-state index in [9.17, 15) is 4.79 Å². The Bertz CT molecular complexity index is 840. The fourth-order valence-electron chi connectivity index (χ4n) is 2.30. The third-order valence-electron chi connectivity index (χ3n) is 3.84. The number of nitrogens with one attached hydrogen (secondary N) is 2. The van der Waals surface area contributed by atoms with Gasteiger partial charge in [-0.1, -0.05) is 36.8 Å². The molecule has 0 saturated heterocycles. The van der Waals surface area contributed by atoms with E-state index in [2.05, 4.69) is 39.7 Å². The van der Waals surface area contributed by atoms with Crippen LogP contribution < -0.4 is 10.6 Å². The summed E-state index contributed by atoms with van der Waals surface area (Å²) in [7, 11) is 0. The number of nitrogens with zero attached hydrogens (tertiary/aromatic N) is 2. The van der Waals surface area contributed by atoms with Gasteiger partial charge < -0.3 is 10.6 Å². The number of hydrogen-bond acceptors (Lipinski definition) is 4. The molecule has 0 radical (unpaired) electrons. The van der Waals surface area contributed by atoms with Gasteiger partial charge in [0.25, 0.3) is 5.91 Å². The third kappa shape index (κ3) is 4.41. The van der Waals surface area contributed by atoms with E-state index in [1.165, 1.54) is 18.0 Å². The summed E-state index contributed by atoms with van der Waals surface area (Å²) in [4.78, 5) is 20.6. The molecule has 0 spiro atoms. The summed E-state index contributed by atoms with van der Waals surface area (Å²) in [5.74, 6) is 0.221. The zero-order chi connectivity index (χ0) is 17.6. The Kier molecular flexibility index (Phi) is 5.04. The van der Waals surface area contributed by atoms with Crippen molar-refractivity contribution in [3.8, 4) is 0 Å². The highest BCUT2D eigenvalue weighted by atomic mass is 16.1. The molecule has 0 saturated carbocycles. The second-order valence-electron chi connectivity index (χ2n) is 5.79. The van der Waals surface area contributed by atoms with Crippen LogP contribution in [0.15, 0.2) is 60.9 Å². The molecule has 0 bridgehead atoms. The summed E-state index contributed by atoms with van der Waals surface area (Å²) in [6.07, 6.45) is 4.03. The zero-order valence-corrected chi connectivity index (χ0v) is 14.3. The second kappa shape index (κ2) is 7.57. The van der Waals surface area contributed by atoms with Crippen molar-refractivity contribution >= 4 is 23.2 Å². The summed E-state index contributed by atoms with van der Waals surface area (Å²) in [5.41, 5.74) is 4.48. The Morgan fingerprint density at radius 3 is 2.12 bits per heavy atom. The molecule has 2 aromatic carbocycles. The minimum atomic E-state index is -0.234. The van der Waals surface area contributed by atoms with Crippen molar-refractivity contribution in [3.63, 3.8) is 0 Å². The maximum absolute atomic E-state index is 12.2. The maximum atomic E-state index is 12.2. The molecule has 3 aromatic rings. The smallest absolute Gasteiger partial charge is 0.258 e. The number of aryl methyl sites for hydroxylation is 2. The van der Waals surface area contributed by atoms with Gasteiger partial charge in [-0.25, -0.2) is 9.97 Å². The number of carbonyl (C=O) groups is 1. The van der Waals surface area contributed by atoms with Crippen LogP contribution in [0.5, 0.6) is 0 Å². The average Bonchev–Trinajstić information content (AvgIpc) is 2.65. The van der Waals surface area contributed by atoms with E-state index < -0.39 is 0 Å². The van der Waals surface area contributed by atoms with Gasteiger partial charge in [0.15, 0.2) is 0 Å². The molecule has 0 atom stereocenters. The molecule has 5 nitrogen and oxygen atoms in total. The van der Waals surface area contributed by atoms with Gasteiger partial charge in [0, 0.05) is 23.8 Å². The fourth-order valence-corrected chi connectivity index (χ4v) is 2.30. The lowest BCUT2D eigenvalue weighted by molar-refractivity contribution is 0.102. The van der Waals surface area contributed by atoms with E-state index in [1.807, 2.05) is 43.3 Å². The number of carbonyl (C=O) groups excluding carboxylic acids is 1. The minimum Gasteiger partial charge on any atom is -0.324 e. The normalized spacial score (nSPS) is 10.3. The van der Waals surface area contributed by atoms with Crippen LogP contribution in [-0.2, 0) is 6.42 Å². The van der Waals surface area contributed by atoms with Crippen LogP contribution in [0.3, 0.4) is 0 Å². The van der Waals surface area contributed by atoms with Crippen LogP contribution >= 0.6 is 0 Å². The summed E-state index contributed by atoms with van der Waals surface area (Å²) in [6, 6.07) is 15.7. The van der Waals surface area contributed by atoms with E-state index in [0.29, 0.717) is 11.5 Å². The fraction of sp³-hybridized carbons (Fsp3) is 0.150. The van der Waals surface area contributed by atoms with E-state index in [1.54, 1.807) is 0 Å². The molecule has 0 aliphatic carbocycles. The van der Waals surface area contributed by atoms with Crippen molar-refractivity contribution in [2.45, 2.75) is 20.3 Å². The van der Waals surface area contributed by atoms with Crippen molar-refractivity contribution in [1.82, 2.24) is 9.97 Å². The molecule has 1 amide bonds. The quantitative estimate of drug-likeness (QED) is 0.729. The monoisotopic (exact) mass is 332 g/mol. The number of hydrogen-bond donors (Lipinski definition) is 2. The molecule has 0 fully saturated rings. The van der Waals surface area contributed by atoms with E-state index >= 15 is 0 Å². The summed E-state index contributed by atoms with van der Waals surface area (Å²) in [5, 5.41) is 5.95. The first-order chi connectivity index (χ1) is 12.1. The summed E-state index contributed by atoms with van der Waals surface area (Å²) in [6.45, 7) is 4.12. The molecule has 0 unspecified atom stereocenters. The first kappa shape index (κ1) is 16.6. The van der Waals surface area contributed by atoms with Crippen LogP contribution in [0.25, 0.3) is 0 Å². The maximum Gasteiger partial charge on any atom is 0.258 e. The van der Waals surface area contributed by atoms with Gasteiger partial charge in [-0.2, -0.15) is 0 Å². The molecule has 25 heavy (non-hydrogen) atoms. The molecular weight excluding hydrogens is 312 g/mol. The standard InChI is InChI=1S/C20H20N4O/c1-3-15-6-10-18(11-7-15)24-20-21-12-16(13-22-20)19(25)23-17-8-4-14(2)5-9-17/h4-13H,3H2,1-2H3,(H,23,25)(H,21,22,24). The number of rotatable bonds is 5. The second-order valence-corrected chi connectivity index (χ2v) is 5.79. The lowest BCUT2D eigenvalue weighted by Crippen LogP contribution is -2.13. The van der Waals surface area contributed by atoms with Crippen molar-refractivity contribution in [1.29, 1.82) is 0 Å². The molecule has 126 valence electrons. The van der Waals surface area contributed by atoms with Crippen LogP contribution in [0, 0.1) is 6.92 Å². The van der Waals surface area contributed by atoms with E-state index in [-0.39, 0.29) is 5.91 Å². The van der Waals surface area contributed by atoms with Gasteiger partial charge in [-0.3, -0.25) is 4.79 Å². The van der Waals surface area contributed by atoms with E-state index in [4.69, 9.17) is 0 Å². The highest BCUT2D eigenvalue weighted by Crippen LogP contribution is 2.15. The molecule has 0 aliphatic rings. The Morgan fingerprint density at radius 2 is 1.52 bits per heavy atom. The minimum absolute atomic E-state index is 0.234. The molecule has 2 N–H and O–H groups in total. The lowest BCUT2D eigenvalue weighted by Gasteiger charge is -2.07. The molecule has 5 heteroatoms. The molecular formula is C20H20N4O. The van der Waals surface area contributed by atoms with Crippen molar-refractivity contribution in [3.05, 3.63) is 77.6 Å². The highest BCUT2D eigenvalue weighted by molar-refractivity contribution is 6.03. The lowest BCUT2D eigenvalue weighted by atomic mass is 10.1. The van der Waals surface area contributed by atoms with Gasteiger partial charge in [-0.05, 0) is 43.2 Å². The Balaban J connectivity index is 1.64. The van der Waals surface area contributed by atoms with Gasteiger partial charge in [0.2, 0.25) is 5.95 Å². The molecule has 1 aromatic heterocycles. The van der Waals surface area contributed by atoms with Gasteiger partial charge >= 0.3 is 0 Å². The molecule has 0 aliphatic heterocycles. The van der Waals surface area contributed by atoms with Gasteiger partial charge in [0.05, 0.1) is 5.56 Å². The SMILES string of the molecule is CCc1ccc(Nc2ncc(C(=O)Nc3ccc(C)cc3)cn2)cc1. The van der Waals surface area contributed by atoms with Crippen molar-refractivity contribution < 1.29 is 4.79 Å². The predicted octanol–water partition coefficient (Wildman–Crippen LogP) is 4.34. The van der Waals surface area contributed by atoms with Gasteiger partial charge in [0.1, 0.15) is 0 Å².